The zero-order chi connectivity index (χ0) is 11.5. The second-order valence-electron chi connectivity index (χ2n) is 3.57. The Labute approximate surface area is 86.5 Å². The normalized spacial score (nSPS) is 22.1. The molecule has 0 aliphatic heterocycles. The Morgan fingerprint density at radius 1 is 1.60 bits per heavy atom. The van der Waals surface area contributed by atoms with Crippen LogP contribution in [0.5, 0.6) is 0 Å². The lowest BCUT2D eigenvalue weighted by Gasteiger charge is -2.26. The largest absolute Gasteiger partial charge is 0.505 e. The Balaban J connectivity index is 2.73. The molecule has 0 amide bonds. The fraction of sp³-hybridized carbons (Fsp3) is 0.667. The van der Waals surface area contributed by atoms with Crippen LogP contribution in [0.15, 0.2) is 11.5 Å². The van der Waals surface area contributed by atoms with Gasteiger partial charge in [0.1, 0.15) is 0 Å². The van der Waals surface area contributed by atoms with Crippen molar-refractivity contribution in [3.63, 3.8) is 0 Å². The molecule has 0 aromatic rings. The average Bonchev–Trinajstić information content (AvgIpc) is 2.17. The highest BCUT2D eigenvalue weighted by molar-refractivity contribution is 6.66. The highest BCUT2D eigenvalue weighted by atomic mass is 19.4. The number of ether oxygens (including phenoxy) is 1. The molecule has 1 aliphatic carbocycles. The molecule has 1 aliphatic rings. The fourth-order valence-corrected chi connectivity index (χ4v) is 1.66. The predicted octanol–water partition coefficient (Wildman–Crippen LogP) is 2.66. The Bertz CT molecular complexity index is 273. The first kappa shape index (κ1) is 12.1. The molecule has 0 saturated carbocycles. The summed E-state index contributed by atoms with van der Waals surface area (Å²) in [5, 5.41) is 0. The van der Waals surface area contributed by atoms with E-state index in [4.69, 9.17) is 4.74 Å². The van der Waals surface area contributed by atoms with Crippen LogP contribution in [-0.4, -0.2) is 19.6 Å². The summed E-state index contributed by atoms with van der Waals surface area (Å²) in [6, 6.07) is 0. The number of allylic oxidation sites excluding steroid dienone is 1. The number of halogens is 3. The van der Waals surface area contributed by atoms with Crippen molar-refractivity contribution >= 4 is 12.9 Å². The van der Waals surface area contributed by atoms with E-state index in [0.29, 0.717) is 12.8 Å². The van der Waals surface area contributed by atoms with Crippen molar-refractivity contribution < 1.29 is 22.5 Å². The van der Waals surface area contributed by atoms with Crippen molar-refractivity contribution in [1.82, 2.24) is 0 Å². The monoisotopic (exact) mass is 221 g/mol. The fourth-order valence-electron chi connectivity index (χ4n) is 1.66. The number of carbonyl (C=O) groups is 1. The lowest BCUT2D eigenvalue weighted by atomic mass is 9.71. The minimum absolute atomic E-state index is 0.0272. The van der Waals surface area contributed by atoms with Gasteiger partial charge in [-0.3, -0.25) is 4.79 Å². The third-order valence-corrected chi connectivity index (χ3v) is 2.41. The van der Waals surface area contributed by atoms with E-state index >= 15 is 0 Å². The Morgan fingerprint density at radius 3 is 2.80 bits per heavy atom. The summed E-state index contributed by atoms with van der Waals surface area (Å²) >= 11 is 0. The molecule has 6 heteroatoms. The van der Waals surface area contributed by atoms with Crippen molar-refractivity contribution in [3.05, 3.63) is 11.5 Å². The number of hydrogen-bond donors (Lipinski definition) is 0. The first-order valence-corrected chi connectivity index (χ1v) is 5.02. The minimum Gasteiger partial charge on any atom is -0.466 e. The van der Waals surface area contributed by atoms with Gasteiger partial charge in [0.2, 0.25) is 0 Å². The second-order valence-corrected chi connectivity index (χ2v) is 3.57. The van der Waals surface area contributed by atoms with E-state index in [0.717, 1.165) is 6.08 Å². The molecular weight excluding hydrogens is 208 g/mol. The lowest BCUT2D eigenvalue weighted by Crippen LogP contribution is -2.26. The number of carbonyl (C=O) groups excluding carboxylic acids is 1. The van der Waals surface area contributed by atoms with E-state index in [9.17, 15) is 17.7 Å². The van der Waals surface area contributed by atoms with E-state index < -0.39 is 24.3 Å². The van der Waals surface area contributed by atoms with E-state index in [2.05, 4.69) is 0 Å². The first-order valence-electron chi connectivity index (χ1n) is 5.02. The van der Waals surface area contributed by atoms with Crippen LogP contribution in [0.1, 0.15) is 26.2 Å². The zero-order valence-electron chi connectivity index (χ0n) is 8.51. The molecule has 1 atom stereocenters. The van der Waals surface area contributed by atoms with Gasteiger partial charge in [-0.25, -0.2) is 0 Å². The highest BCUT2D eigenvalue weighted by Crippen LogP contribution is 2.32. The van der Waals surface area contributed by atoms with E-state index in [-0.39, 0.29) is 13.0 Å². The van der Waals surface area contributed by atoms with Crippen LogP contribution in [0.3, 0.4) is 0 Å². The van der Waals surface area contributed by atoms with Crippen molar-refractivity contribution in [1.29, 1.82) is 0 Å². The molecule has 0 aromatic carbocycles. The smallest absolute Gasteiger partial charge is 0.466 e. The van der Waals surface area contributed by atoms with E-state index in [1.807, 2.05) is 0 Å². The van der Waals surface area contributed by atoms with Gasteiger partial charge in [0.15, 0.2) is 0 Å². The molecular formula is C9H13BF3O2-. The maximum Gasteiger partial charge on any atom is 0.505 e. The van der Waals surface area contributed by atoms with Crippen LogP contribution in [-0.2, 0) is 9.53 Å². The maximum absolute atomic E-state index is 12.4. The minimum atomic E-state index is -4.94. The van der Waals surface area contributed by atoms with Crippen LogP contribution in [0.25, 0.3) is 0 Å². The standard InChI is InChI=1S/C9H13BF3O2/c1-2-15-9(14)7-4-3-5-8(6-7)10(11,12)13/h6-7H,2-5H2,1H3/q-1. The Kier molecular flexibility index (Phi) is 3.82. The summed E-state index contributed by atoms with van der Waals surface area (Å²) in [5.74, 6) is -1.26. The summed E-state index contributed by atoms with van der Waals surface area (Å²) in [4.78, 5) is 11.2. The van der Waals surface area contributed by atoms with Gasteiger partial charge in [-0.05, 0) is 13.3 Å². The summed E-state index contributed by atoms with van der Waals surface area (Å²) < 4.78 is 41.9. The third kappa shape index (κ3) is 3.29. The molecule has 1 rings (SSSR count). The van der Waals surface area contributed by atoms with Gasteiger partial charge >= 0.3 is 12.9 Å². The SMILES string of the molecule is CCOC(=O)C1C=C([B-](F)(F)F)CCC1. The van der Waals surface area contributed by atoms with Gasteiger partial charge in [0, 0.05) is 0 Å². The molecule has 0 spiro atoms. The van der Waals surface area contributed by atoms with Crippen LogP contribution >= 0.6 is 0 Å². The molecule has 0 aromatic heterocycles. The predicted molar refractivity (Wildman–Crippen MR) is 51.1 cm³/mol. The van der Waals surface area contributed by atoms with Crippen molar-refractivity contribution in [3.8, 4) is 0 Å². The summed E-state index contributed by atoms with van der Waals surface area (Å²) in [6.07, 6.45) is 1.91. The highest BCUT2D eigenvalue weighted by Gasteiger charge is 2.32. The molecule has 0 radical (unpaired) electrons. The topological polar surface area (TPSA) is 26.3 Å². The van der Waals surface area contributed by atoms with Gasteiger partial charge < -0.3 is 17.7 Å². The third-order valence-electron chi connectivity index (χ3n) is 2.41. The molecule has 0 bridgehead atoms. The molecule has 0 fully saturated rings. The summed E-state index contributed by atoms with van der Waals surface area (Å²) in [7, 11) is 0. The molecule has 86 valence electrons. The first-order chi connectivity index (χ1) is 6.95. The number of esters is 1. The van der Waals surface area contributed by atoms with Gasteiger partial charge in [0.25, 0.3) is 0 Å². The lowest BCUT2D eigenvalue weighted by molar-refractivity contribution is -0.146. The van der Waals surface area contributed by atoms with Gasteiger partial charge in [-0.1, -0.05) is 12.8 Å². The molecule has 0 heterocycles. The maximum atomic E-state index is 12.4. The van der Waals surface area contributed by atoms with Crippen LogP contribution in [0.4, 0.5) is 12.9 Å². The summed E-state index contributed by atoms with van der Waals surface area (Å²) in [5.41, 5.74) is -0.542. The molecule has 0 saturated heterocycles. The van der Waals surface area contributed by atoms with Crippen molar-refractivity contribution in [2.75, 3.05) is 6.61 Å². The number of hydrogen-bond acceptors (Lipinski definition) is 2. The Hall–Kier alpha value is -0.935. The van der Waals surface area contributed by atoms with Crippen molar-refractivity contribution in [2.24, 2.45) is 5.92 Å². The molecule has 15 heavy (non-hydrogen) atoms. The Morgan fingerprint density at radius 2 is 2.27 bits per heavy atom. The molecule has 0 N–H and O–H groups in total. The average molecular weight is 221 g/mol. The zero-order valence-corrected chi connectivity index (χ0v) is 8.51. The quantitative estimate of drug-likeness (QED) is 0.540. The van der Waals surface area contributed by atoms with Crippen LogP contribution in [0.2, 0.25) is 0 Å². The molecule has 2 nitrogen and oxygen atoms in total. The van der Waals surface area contributed by atoms with Gasteiger partial charge in [-0.2, -0.15) is 0 Å². The number of rotatable bonds is 3. The second kappa shape index (κ2) is 4.72. The van der Waals surface area contributed by atoms with Gasteiger partial charge in [-0.15, -0.1) is 11.5 Å². The van der Waals surface area contributed by atoms with E-state index in [1.165, 1.54) is 0 Å². The van der Waals surface area contributed by atoms with Crippen LogP contribution in [0, 0.1) is 5.92 Å². The van der Waals surface area contributed by atoms with Crippen molar-refractivity contribution in [2.45, 2.75) is 26.2 Å². The summed E-state index contributed by atoms with van der Waals surface area (Å²) in [6.45, 7) is -3.10. The van der Waals surface area contributed by atoms with Crippen LogP contribution < -0.4 is 0 Å². The van der Waals surface area contributed by atoms with E-state index in [1.54, 1.807) is 6.92 Å². The van der Waals surface area contributed by atoms with Gasteiger partial charge in [0.05, 0.1) is 12.5 Å². The molecule has 1 unspecified atom stereocenters.